The second kappa shape index (κ2) is 8.92. The molecule has 3 atom stereocenters. The molecule has 0 fully saturated rings. The Balaban J connectivity index is 0.00000264. The summed E-state index contributed by atoms with van der Waals surface area (Å²) in [4.78, 5) is 12.4. The SMILES string of the molecule is CC(N)C(C)C(=O)NC(c1ccccc1)c1cccc(Cl)c1.Cl. The van der Waals surface area contributed by atoms with Crippen molar-refractivity contribution in [2.75, 3.05) is 0 Å². The molecule has 3 unspecified atom stereocenters. The van der Waals surface area contributed by atoms with Crippen LogP contribution in [0.1, 0.15) is 31.0 Å². The molecule has 0 bridgehead atoms. The molecular weight excluding hydrogens is 331 g/mol. The first-order chi connectivity index (χ1) is 10.5. The summed E-state index contributed by atoms with van der Waals surface area (Å²) in [5.74, 6) is -0.325. The van der Waals surface area contributed by atoms with Crippen LogP contribution in [0.5, 0.6) is 0 Å². The molecule has 0 heterocycles. The van der Waals surface area contributed by atoms with Gasteiger partial charge in [0, 0.05) is 17.0 Å². The van der Waals surface area contributed by atoms with E-state index < -0.39 is 0 Å². The van der Waals surface area contributed by atoms with Gasteiger partial charge < -0.3 is 11.1 Å². The van der Waals surface area contributed by atoms with E-state index in [0.717, 1.165) is 11.1 Å². The van der Waals surface area contributed by atoms with Crippen molar-refractivity contribution in [3.05, 3.63) is 70.7 Å². The van der Waals surface area contributed by atoms with Crippen molar-refractivity contribution >= 4 is 29.9 Å². The van der Waals surface area contributed by atoms with Gasteiger partial charge in [-0.15, -0.1) is 12.4 Å². The summed E-state index contributed by atoms with van der Waals surface area (Å²) < 4.78 is 0. The monoisotopic (exact) mass is 352 g/mol. The largest absolute Gasteiger partial charge is 0.345 e. The Morgan fingerprint density at radius 2 is 1.65 bits per heavy atom. The molecule has 5 heteroatoms. The first-order valence-corrected chi connectivity index (χ1v) is 7.73. The summed E-state index contributed by atoms with van der Waals surface area (Å²) in [6.45, 7) is 3.67. The highest BCUT2D eigenvalue weighted by atomic mass is 35.5. The van der Waals surface area contributed by atoms with E-state index in [-0.39, 0.29) is 36.3 Å². The highest BCUT2D eigenvalue weighted by Gasteiger charge is 2.22. The molecular formula is C18H22Cl2N2O. The molecule has 2 aromatic carbocycles. The predicted octanol–water partition coefficient (Wildman–Crippen LogP) is 3.95. The van der Waals surface area contributed by atoms with Crippen LogP contribution >= 0.6 is 24.0 Å². The zero-order valence-electron chi connectivity index (χ0n) is 13.2. The van der Waals surface area contributed by atoms with Crippen LogP contribution < -0.4 is 11.1 Å². The smallest absolute Gasteiger partial charge is 0.225 e. The van der Waals surface area contributed by atoms with Crippen LogP contribution in [0, 0.1) is 5.92 Å². The Morgan fingerprint density at radius 3 is 2.22 bits per heavy atom. The Bertz CT molecular complexity index is 632. The van der Waals surface area contributed by atoms with Gasteiger partial charge >= 0.3 is 0 Å². The van der Waals surface area contributed by atoms with Gasteiger partial charge in [0.05, 0.1) is 6.04 Å². The summed E-state index contributed by atoms with van der Waals surface area (Å²) in [6, 6.07) is 16.9. The molecule has 2 aromatic rings. The van der Waals surface area contributed by atoms with Gasteiger partial charge in [-0.25, -0.2) is 0 Å². The van der Waals surface area contributed by atoms with Gasteiger partial charge in [0.1, 0.15) is 0 Å². The van der Waals surface area contributed by atoms with E-state index in [1.807, 2.05) is 68.4 Å². The first-order valence-electron chi connectivity index (χ1n) is 7.35. The van der Waals surface area contributed by atoms with E-state index in [0.29, 0.717) is 5.02 Å². The maximum absolute atomic E-state index is 12.4. The molecule has 3 N–H and O–H groups in total. The number of nitrogens with two attached hydrogens (primary N) is 1. The molecule has 0 aliphatic rings. The molecule has 0 saturated carbocycles. The van der Waals surface area contributed by atoms with Crippen molar-refractivity contribution in [3.8, 4) is 0 Å². The van der Waals surface area contributed by atoms with E-state index in [1.165, 1.54) is 0 Å². The summed E-state index contributed by atoms with van der Waals surface area (Å²) in [7, 11) is 0. The van der Waals surface area contributed by atoms with Crippen molar-refractivity contribution < 1.29 is 4.79 Å². The zero-order chi connectivity index (χ0) is 16.1. The zero-order valence-corrected chi connectivity index (χ0v) is 14.8. The Kier molecular flexibility index (Phi) is 7.56. The highest BCUT2D eigenvalue weighted by Crippen LogP contribution is 2.25. The fourth-order valence-electron chi connectivity index (χ4n) is 2.20. The molecule has 124 valence electrons. The number of hydrogen-bond acceptors (Lipinski definition) is 2. The molecule has 0 aliphatic heterocycles. The van der Waals surface area contributed by atoms with Crippen molar-refractivity contribution in [2.45, 2.75) is 25.9 Å². The number of amides is 1. The second-order valence-corrected chi connectivity index (χ2v) is 5.99. The molecule has 3 nitrogen and oxygen atoms in total. The van der Waals surface area contributed by atoms with Crippen molar-refractivity contribution in [1.29, 1.82) is 0 Å². The Morgan fingerprint density at radius 1 is 1.04 bits per heavy atom. The van der Waals surface area contributed by atoms with Gasteiger partial charge in [-0.1, -0.05) is 61.0 Å². The molecule has 0 radical (unpaired) electrons. The third kappa shape index (κ3) is 5.24. The maximum Gasteiger partial charge on any atom is 0.225 e. The standard InChI is InChI=1S/C18H21ClN2O.ClH/c1-12(13(2)20)18(22)21-17(14-7-4-3-5-8-14)15-9-6-10-16(19)11-15;/h3-13,17H,20H2,1-2H3,(H,21,22);1H. The lowest BCUT2D eigenvalue weighted by Crippen LogP contribution is -2.40. The molecule has 1 amide bonds. The number of benzene rings is 2. The predicted molar refractivity (Wildman–Crippen MR) is 97.9 cm³/mol. The van der Waals surface area contributed by atoms with E-state index in [9.17, 15) is 4.79 Å². The van der Waals surface area contributed by atoms with Crippen LogP contribution in [-0.2, 0) is 4.79 Å². The summed E-state index contributed by atoms with van der Waals surface area (Å²) in [5.41, 5.74) is 7.79. The number of halogens is 2. The van der Waals surface area contributed by atoms with E-state index in [4.69, 9.17) is 17.3 Å². The number of hydrogen-bond donors (Lipinski definition) is 2. The van der Waals surface area contributed by atoms with Gasteiger partial charge in [-0.2, -0.15) is 0 Å². The van der Waals surface area contributed by atoms with E-state index in [2.05, 4.69) is 5.32 Å². The first kappa shape index (κ1) is 19.5. The third-order valence-corrected chi connectivity index (χ3v) is 4.04. The van der Waals surface area contributed by atoms with Crippen LogP contribution in [0.2, 0.25) is 5.02 Å². The van der Waals surface area contributed by atoms with Crippen molar-refractivity contribution in [1.82, 2.24) is 5.32 Å². The van der Waals surface area contributed by atoms with E-state index in [1.54, 1.807) is 0 Å². The topological polar surface area (TPSA) is 55.1 Å². The van der Waals surface area contributed by atoms with Crippen molar-refractivity contribution in [3.63, 3.8) is 0 Å². The van der Waals surface area contributed by atoms with E-state index >= 15 is 0 Å². The Labute approximate surface area is 148 Å². The molecule has 0 aromatic heterocycles. The minimum Gasteiger partial charge on any atom is -0.345 e. The highest BCUT2D eigenvalue weighted by molar-refractivity contribution is 6.30. The fourth-order valence-corrected chi connectivity index (χ4v) is 2.40. The number of carbonyl (C=O) groups excluding carboxylic acids is 1. The average molecular weight is 353 g/mol. The number of carbonyl (C=O) groups is 1. The molecule has 0 spiro atoms. The lowest BCUT2D eigenvalue weighted by Gasteiger charge is -2.23. The van der Waals surface area contributed by atoms with Crippen LogP contribution in [0.25, 0.3) is 0 Å². The van der Waals surface area contributed by atoms with Crippen LogP contribution in [0.15, 0.2) is 54.6 Å². The lowest BCUT2D eigenvalue weighted by atomic mass is 9.96. The quantitative estimate of drug-likeness (QED) is 0.855. The summed E-state index contributed by atoms with van der Waals surface area (Å²) >= 11 is 6.09. The molecule has 0 aliphatic carbocycles. The third-order valence-electron chi connectivity index (χ3n) is 3.80. The number of rotatable bonds is 5. The lowest BCUT2D eigenvalue weighted by molar-refractivity contribution is -0.125. The fraction of sp³-hybridized carbons (Fsp3) is 0.278. The van der Waals surface area contributed by atoms with Crippen molar-refractivity contribution in [2.24, 2.45) is 11.7 Å². The molecule has 2 rings (SSSR count). The van der Waals surface area contributed by atoms with Gasteiger partial charge in [-0.3, -0.25) is 4.79 Å². The number of nitrogens with one attached hydrogen (secondary N) is 1. The summed E-state index contributed by atoms with van der Waals surface area (Å²) in [5, 5.41) is 3.73. The van der Waals surface area contributed by atoms with Crippen LogP contribution in [0.3, 0.4) is 0 Å². The van der Waals surface area contributed by atoms with Gasteiger partial charge in [-0.05, 0) is 30.2 Å². The van der Waals surface area contributed by atoms with Gasteiger partial charge in [0.25, 0.3) is 0 Å². The summed E-state index contributed by atoms with van der Waals surface area (Å²) in [6.07, 6.45) is 0. The average Bonchev–Trinajstić information content (AvgIpc) is 2.52. The normalized spacial score (nSPS) is 14.3. The minimum absolute atomic E-state index is 0. The molecule has 23 heavy (non-hydrogen) atoms. The molecule has 0 saturated heterocycles. The van der Waals surface area contributed by atoms with Gasteiger partial charge in [0.15, 0.2) is 0 Å². The van der Waals surface area contributed by atoms with Gasteiger partial charge in [0.2, 0.25) is 5.91 Å². The Hall–Kier alpha value is -1.55. The maximum atomic E-state index is 12.4. The van der Waals surface area contributed by atoms with Crippen LogP contribution in [-0.4, -0.2) is 11.9 Å². The second-order valence-electron chi connectivity index (χ2n) is 5.56. The minimum atomic E-state index is -0.259. The van der Waals surface area contributed by atoms with Crippen LogP contribution in [0.4, 0.5) is 0 Å².